The number of rotatable bonds is 6. The molecule has 3 aromatic rings. The summed E-state index contributed by atoms with van der Waals surface area (Å²) in [5, 5.41) is 3.39. The third-order valence-electron chi connectivity index (χ3n) is 6.72. The van der Waals surface area contributed by atoms with Crippen LogP contribution in [0.4, 0.5) is 23.1 Å². The molecule has 1 fully saturated rings. The molecule has 34 heavy (non-hydrogen) atoms. The standard InChI is InChI=1S/C25H31N7O2/c1-7-19-23-24(32-13-18(33-5)11-21(32)16(3)30(23)4)29-25(28-19)27-17-8-9-20(22(10-17)34-6)31-12-15(2)26-14-31/h8-10,12,14,18,21H,3,7,11,13H2,1-2,4-6H3,(H,27,28,29). The first-order valence-electron chi connectivity index (χ1n) is 11.5. The summed E-state index contributed by atoms with van der Waals surface area (Å²) < 4.78 is 13.3. The van der Waals surface area contributed by atoms with Gasteiger partial charge in [0.25, 0.3) is 0 Å². The number of hydrogen-bond acceptors (Lipinski definition) is 8. The molecule has 0 amide bonds. The second kappa shape index (κ2) is 8.64. The summed E-state index contributed by atoms with van der Waals surface area (Å²) in [5.41, 5.74) is 5.77. The first-order valence-corrected chi connectivity index (χ1v) is 11.5. The first kappa shape index (κ1) is 22.2. The minimum Gasteiger partial charge on any atom is -0.494 e. The number of nitrogens with zero attached hydrogens (tertiary/aromatic N) is 6. The molecular weight excluding hydrogens is 430 g/mol. The van der Waals surface area contributed by atoms with Crippen molar-refractivity contribution in [3.63, 3.8) is 0 Å². The molecular formula is C25H31N7O2. The summed E-state index contributed by atoms with van der Waals surface area (Å²) >= 11 is 0. The Balaban J connectivity index is 1.51. The predicted molar refractivity (Wildman–Crippen MR) is 134 cm³/mol. The highest BCUT2D eigenvalue weighted by Gasteiger charge is 2.42. The second-order valence-corrected chi connectivity index (χ2v) is 8.77. The van der Waals surface area contributed by atoms with Crippen molar-refractivity contribution in [2.75, 3.05) is 42.9 Å². The van der Waals surface area contributed by atoms with E-state index in [0.717, 1.165) is 65.1 Å². The monoisotopic (exact) mass is 461 g/mol. The topological polar surface area (TPSA) is 80.6 Å². The quantitative estimate of drug-likeness (QED) is 0.593. The average molecular weight is 462 g/mol. The van der Waals surface area contributed by atoms with Gasteiger partial charge in [-0.15, -0.1) is 0 Å². The van der Waals surface area contributed by atoms with Crippen molar-refractivity contribution >= 4 is 23.1 Å². The highest BCUT2D eigenvalue weighted by Crippen LogP contribution is 2.44. The molecule has 4 heterocycles. The lowest BCUT2D eigenvalue weighted by Gasteiger charge is -2.40. The lowest BCUT2D eigenvalue weighted by molar-refractivity contribution is 0.119. The van der Waals surface area contributed by atoms with Gasteiger partial charge in [-0.1, -0.05) is 13.5 Å². The largest absolute Gasteiger partial charge is 0.494 e. The van der Waals surface area contributed by atoms with Gasteiger partial charge in [-0.05, 0) is 25.5 Å². The molecule has 2 aliphatic heterocycles. The van der Waals surface area contributed by atoms with Crippen LogP contribution in [0.5, 0.6) is 5.75 Å². The Hall–Kier alpha value is -3.59. The van der Waals surface area contributed by atoms with Crippen LogP contribution in [0.3, 0.4) is 0 Å². The van der Waals surface area contributed by atoms with Gasteiger partial charge in [0.05, 0.1) is 42.7 Å². The van der Waals surface area contributed by atoms with Crippen molar-refractivity contribution in [2.24, 2.45) is 0 Å². The van der Waals surface area contributed by atoms with E-state index in [1.54, 1.807) is 20.5 Å². The molecule has 2 aliphatic rings. The van der Waals surface area contributed by atoms with Crippen molar-refractivity contribution in [2.45, 2.75) is 38.8 Å². The predicted octanol–water partition coefficient (Wildman–Crippen LogP) is 3.84. The van der Waals surface area contributed by atoms with E-state index >= 15 is 0 Å². The zero-order valence-corrected chi connectivity index (χ0v) is 20.4. The van der Waals surface area contributed by atoms with Gasteiger partial charge >= 0.3 is 0 Å². The molecule has 1 N–H and O–H groups in total. The molecule has 9 nitrogen and oxygen atoms in total. The first-order chi connectivity index (χ1) is 16.4. The molecule has 0 saturated carbocycles. The SMILES string of the molecule is C=C1C2CC(OC)CN2c2nc(Nc3ccc(-n4cnc(C)c4)c(OC)c3)nc(CC)c2N1C. The number of hydrogen-bond donors (Lipinski definition) is 1. The Bertz CT molecular complexity index is 1240. The summed E-state index contributed by atoms with van der Waals surface area (Å²) in [5.74, 6) is 2.21. The maximum absolute atomic E-state index is 5.68. The van der Waals surface area contributed by atoms with Crippen molar-refractivity contribution in [3.05, 3.63) is 54.4 Å². The van der Waals surface area contributed by atoms with E-state index in [2.05, 4.69) is 40.7 Å². The number of anilines is 4. The minimum absolute atomic E-state index is 0.154. The second-order valence-electron chi connectivity index (χ2n) is 8.77. The van der Waals surface area contributed by atoms with Crippen molar-refractivity contribution in [1.29, 1.82) is 0 Å². The molecule has 1 aromatic carbocycles. The Morgan fingerprint density at radius 3 is 2.74 bits per heavy atom. The van der Waals surface area contributed by atoms with E-state index < -0.39 is 0 Å². The van der Waals surface area contributed by atoms with Gasteiger partial charge in [0.15, 0.2) is 5.82 Å². The lowest BCUT2D eigenvalue weighted by atomic mass is 10.1. The van der Waals surface area contributed by atoms with Crippen LogP contribution in [-0.2, 0) is 11.2 Å². The zero-order valence-electron chi connectivity index (χ0n) is 20.4. The summed E-state index contributed by atoms with van der Waals surface area (Å²) in [4.78, 5) is 18.6. The maximum atomic E-state index is 5.68. The van der Waals surface area contributed by atoms with Gasteiger partial charge in [0.1, 0.15) is 11.4 Å². The molecule has 9 heteroatoms. The maximum Gasteiger partial charge on any atom is 0.229 e. The molecule has 5 rings (SSSR count). The lowest BCUT2D eigenvalue weighted by Crippen LogP contribution is -2.43. The summed E-state index contributed by atoms with van der Waals surface area (Å²) in [6.45, 7) is 9.22. The highest BCUT2D eigenvalue weighted by atomic mass is 16.5. The normalized spacial score (nSPS) is 19.3. The number of ether oxygens (including phenoxy) is 2. The van der Waals surface area contributed by atoms with Crippen LogP contribution in [0.2, 0.25) is 0 Å². The van der Waals surface area contributed by atoms with Crippen LogP contribution in [0, 0.1) is 6.92 Å². The third-order valence-corrected chi connectivity index (χ3v) is 6.72. The molecule has 0 radical (unpaired) electrons. The summed E-state index contributed by atoms with van der Waals surface area (Å²) in [6.07, 6.45) is 5.59. The summed E-state index contributed by atoms with van der Waals surface area (Å²) in [6, 6.07) is 6.12. The average Bonchev–Trinajstić information content (AvgIpc) is 3.48. The van der Waals surface area contributed by atoms with Crippen LogP contribution in [0.25, 0.3) is 5.69 Å². The number of aryl methyl sites for hydroxylation is 2. The van der Waals surface area contributed by atoms with Gasteiger partial charge < -0.3 is 29.2 Å². The zero-order chi connectivity index (χ0) is 24.0. The Morgan fingerprint density at radius 1 is 1.24 bits per heavy atom. The molecule has 0 bridgehead atoms. The van der Waals surface area contributed by atoms with Crippen molar-refractivity contribution in [3.8, 4) is 11.4 Å². The number of benzene rings is 1. The number of likely N-dealkylation sites (N-methyl/N-ethyl adjacent to an activating group) is 1. The van der Waals surface area contributed by atoms with Gasteiger partial charge in [-0.2, -0.15) is 4.98 Å². The third kappa shape index (κ3) is 3.66. The molecule has 2 aromatic heterocycles. The molecule has 2 unspecified atom stereocenters. The number of nitrogens with one attached hydrogen (secondary N) is 1. The van der Waals surface area contributed by atoms with E-state index in [1.165, 1.54) is 0 Å². The van der Waals surface area contributed by atoms with Gasteiger partial charge in [-0.3, -0.25) is 0 Å². The van der Waals surface area contributed by atoms with Crippen LogP contribution in [-0.4, -0.2) is 59.5 Å². The minimum atomic E-state index is 0.154. The smallest absolute Gasteiger partial charge is 0.229 e. The number of imidazole rings is 1. The molecule has 1 saturated heterocycles. The van der Waals surface area contributed by atoms with E-state index in [1.807, 2.05) is 35.9 Å². The Labute approximate surface area is 200 Å². The molecule has 178 valence electrons. The fourth-order valence-corrected chi connectivity index (χ4v) is 4.87. The van der Waals surface area contributed by atoms with Crippen molar-refractivity contribution in [1.82, 2.24) is 19.5 Å². The van der Waals surface area contributed by atoms with E-state index in [4.69, 9.17) is 19.4 Å². The molecule has 2 atom stereocenters. The fraction of sp³-hybridized carbons (Fsp3) is 0.400. The van der Waals surface area contributed by atoms with Gasteiger partial charge in [-0.25, -0.2) is 9.97 Å². The number of aromatic nitrogens is 4. The Morgan fingerprint density at radius 2 is 2.06 bits per heavy atom. The number of methoxy groups -OCH3 is 2. The molecule has 0 spiro atoms. The van der Waals surface area contributed by atoms with E-state index in [-0.39, 0.29) is 12.1 Å². The van der Waals surface area contributed by atoms with E-state index in [9.17, 15) is 0 Å². The highest BCUT2D eigenvalue weighted by molar-refractivity contribution is 5.78. The summed E-state index contributed by atoms with van der Waals surface area (Å²) in [7, 11) is 5.48. The van der Waals surface area contributed by atoms with E-state index in [0.29, 0.717) is 5.95 Å². The van der Waals surface area contributed by atoms with Crippen LogP contribution in [0.15, 0.2) is 43.0 Å². The van der Waals surface area contributed by atoms with Crippen molar-refractivity contribution < 1.29 is 9.47 Å². The fourth-order valence-electron chi connectivity index (χ4n) is 4.87. The van der Waals surface area contributed by atoms with Gasteiger partial charge in [0.2, 0.25) is 5.95 Å². The Kier molecular flexibility index (Phi) is 5.65. The van der Waals surface area contributed by atoms with Crippen LogP contribution in [0.1, 0.15) is 24.7 Å². The number of fused-ring (bicyclic) bond motifs is 3. The van der Waals surface area contributed by atoms with Gasteiger partial charge in [0, 0.05) is 50.8 Å². The molecule has 0 aliphatic carbocycles. The van der Waals surface area contributed by atoms with Crippen LogP contribution >= 0.6 is 0 Å². The van der Waals surface area contributed by atoms with Crippen LogP contribution < -0.4 is 19.9 Å².